The third kappa shape index (κ3) is 3.45. The van der Waals surface area contributed by atoms with E-state index in [1.165, 1.54) is 6.07 Å². The van der Waals surface area contributed by atoms with Gasteiger partial charge in [-0.3, -0.25) is 4.79 Å². The van der Waals surface area contributed by atoms with Crippen LogP contribution in [-0.2, 0) is 4.79 Å². The summed E-state index contributed by atoms with van der Waals surface area (Å²) < 4.78 is 13.2. The number of amides is 1. The normalized spacial score (nSPS) is 18.4. The van der Waals surface area contributed by atoms with Gasteiger partial charge in [0.05, 0.1) is 11.1 Å². The maximum atomic E-state index is 13.2. The van der Waals surface area contributed by atoms with Crippen LogP contribution < -0.4 is 10.2 Å². The third-order valence-corrected chi connectivity index (χ3v) is 3.93. The molecule has 0 aromatic heterocycles. The highest BCUT2D eigenvalue weighted by Crippen LogP contribution is 2.26. The molecule has 1 fully saturated rings. The van der Waals surface area contributed by atoms with Crippen molar-refractivity contribution in [3.05, 3.63) is 29.0 Å². The van der Waals surface area contributed by atoms with E-state index < -0.39 is 11.2 Å². The molecule has 1 aliphatic rings. The number of nitriles is 1. The summed E-state index contributed by atoms with van der Waals surface area (Å²) in [6.45, 7) is 4.55. The standard InChI is InChI=1S/C15H17ClFN3O/c1-15(2,9-18)14(21)19-10-5-6-20(8-10)11-3-4-13(17)12(16)7-11/h3-4,7,10H,5-6,8H2,1-2H3,(H,19,21). The number of rotatable bonds is 3. The lowest BCUT2D eigenvalue weighted by atomic mass is 9.94. The quantitative estimate of drug-likeness (QED) is 0.934. The van der Waals surface area contributed by atoms with Gasteiger partial charge in [0.25, 0.3) is 0 Å². The van der Waals surface area contributed by atoms with E-state index in [2.05, 4.69) is 5.32 Å². The van der Waals surface area contributed by atoms with Crippen LogP contribution in [0.2, 0.25) is 5.02 Å². The molecule has 0 spiro atoms. The van der Waals surface area contributed by atoms with Crippen molar-refractivity contribution in [2.75, 3.05) is 18.0 Å². The van der Waals surface area contributed by atoms with E-state index in [1.807, 2.05) is 11.0 Å². The lowest BCUT2D eigenvalue weighted by Gasteiger charge is -2.21. The molecule has 112 valence electrons. The topological polar surface area (TPSA) is 56.1 Å². The summed E-state index contributed by atoms with van der Waals surface area (Å²) in [4.78, 5) is 14.0. The SMILES string of the molecule is CC(C)(C#N)C(=O)NC1CCN(c2ccc(F)c(Cl)c2)C1. The molecule has 0 aliphatic carbocycles. The second-order valence-corrected chi connectivity index (χ2v) is 6.15. The molecule has 1 N–H and O–H groups in total. The summed E-state index contributed by atoms with van der Waals surface area (Å²) in [5.74, 6) is -0.714. The van der Waals surface area contributed by atoms with E-state index in [0.717, 1.165) is 18.7 Å². The van der Waals surface area contributed by atoms with Crippen LogP contribution in [0.4, 0.5) is 10.1 Å². The summed E-state index contributed by atoms with van der Waals surface area (Å²) in [6, 6.07) is 6.56. The first-order chi connectivity index (χ1) is 9.83. The fourth-order valence-electron chi connectivity index (χ4n) is 2.21. The van der Waals surface area contributed by atoms with Crippen LogP contribution in [0.25, 0.3) is 0 Å². The Balaban J connectivity index is 1.99. The van der Waals surface area contributed by atoms with E-state index in [4.69, 9.17) is 16.9 Å². The minimum atomic E-state index is -1.04. The molecule has 0 radical (unpaired) electrons. The molecule has 1 unspecified atom stereocenters. The predicted molar refractivity (Wildman–Crippen MR) is 79.6 cm³/mol. The van der Waals surface area contributed by atoms with Gasteiger partial charge in [-0.05, 0) is 38.5 Å². The lowest BCUT2D eigenvalue weighted by molar-refractivity contribution is -0.127. The summed E-state index contributed by atoms with van der Waals surface area (Å²) in [5.41, 5.74) is -0.204. The number of hydrogen-bond acceptors (Lipinski definition) is 3. The van der Waals surface area contributed by atoms with Gasteiger partial charge >= 0.3 is 0 Å². The van der Waals surface area contributed by atoms with Crippen molar-refractivity contribution >= 4 is 23.2 Å². The van der Waals surface area contributed by atoms with E-state index in [0.29, 0.717) is 6.54 Å². The van der Waals surface area contributed by atoms with Crippen molar-refractivity contribution in [3.8, 4) is 6.07 Å². The van der Waals surface area contributed by atoms with Gasteiger partial charge in [-0.25, -0.2) is 4.39 Å². The number of carbonyl (C=O) groups excluding carboxylic acids is 1. The highest BCUT2D eigenvalue weighted by atomic mass is 35.5. The summed E-state index contributed by atoms with van der Waals surface area (Å²) in [7, 11) is 0. The molecular formula is C15H17ClFN3O. The van der Waals surface area contributed by atoms with Gasteiger partial charge in [0.15, 0.2) is 0 Å². The molecule has 1 saturated heterocycles. The largest absolute Gasteiger partial charge is 0.369 e. The monoisotopic (exact) mass is 309 g/mol. The Kier molecular flexibility index (Phi) is 4.38. The van der Waals surface area contributed by atoms with Crippen LogP contribution in [0, 0.1) is 22.6 Å². The zero-order valence-corrected chi connectivity index (χ0v) is 12.7. The molecule has 1 aliphatic heterocycles. The van der Waals surface area contributed by atoms with E-state index in [-0.39, 0.29) is 17.0 Å². The molecule has 0 bridgehead atoms. The second-order valence-electron chi connectivity index (χ2n) is 5.74. The summed E-state index contributed by atoms with van der Waals surface area (Å²) in [5, 5.41) is 11.9. The van der Waals surface area contributed by atoms with Crippen LogP contribution in [-0.4, -0.2) is 25.0 Å². The molecule has 1 aromatic carbocycles. The number of hydrogen-bond donors (Lipinski definition) is 1. The van der Waals surface area contributed by atoms with Crippen molar-refractivity contribution < 1.29 is 9.18 Å². The number of carbonyl (C=O) groups is 1. The maximum absolute atomic E-state index is 13.2. The predicted octanol–water partition coefficient (Wildman–Crippen LogP) is 2.72. The number of anilines is 1. The first-order valence-electron chi connectivity index (χ1n) is 6.75. The van der Waals surface area contributed by atoms with Gasteiger partial charge in [0, 0.05) is 24.8 Å². The number of nitrogens with one attached hydrogen (secondary N) is 1. The highest BCUT2D eigenvalue weighted by Gasteiger charge is 2.31. The van der Waals surface area contributed by atoms with Crippen LogP contribution in [0.3, 0.4) is 0 Å². The zero-order chi connectivity index (χ0) is 15.6. The van der Waals surface area contributed by atoms with Crippen LogP contribution in [0.1, 0.15) is 20.3 Å². The molecule has 2 rings (SSSR count). The van der Waals surface area contributed by atoms with Crippen LogP contribution >= 0.6 is 11.6 Å². The summed E-state index contributed by atoms with van der Waals surface area (Å²) >= 11 is 5.78. The smallest absolute Gasteiger partial charge is 0.240 e. The second kappa shape index (κ2) is 5.90. The van der Waals surface area contributed by atoms with Crippen molar-refractivity contribution in [2.45, 2.75) is 26.3 Å². The first kappa shape index (κ1) is 15.6. The molecule has 1 atom stereocenters. The number of nitrogens with zero attached hydrogens (tertiary/aromatic N) is 2. The Morgan fingerprint density at radius 1 is 1.57 bits per heavy atom. The van der Waals surface area contributed by atoms with Gasteiger partial charge in [0.2, 0.25) is 5.91 Å². The van der Waals surface area contributed by atoms with Gasteiger partial charge < -0.3 is 10.2 Å². The van der Waals surface area contributed by atoms with Gasteiger partial charge in [0.1, 0.15) is 11.2 Å². The molecule has 1 aromatic rings. The van der Waals surface area contributed by atoms with Crippen LogP contribution in [0.5, 0.6) is 0 Å². The van der Waals surface area contributed by atoms with Crippen molar-refractivity contribution in [1.82, 2.24) is 5.32 Å². The molecule has 0 saturated carbocycles. The molecule has 21 heavy (non-hydrogen) atoms. The van der Waals surface area contributed by atoms with Gasteiger partial charge in [-0.1, -0.05) is 11.6 Å². The Hall–Kier alpha value is -1.80. The minimum Gasteiger partial charge on any atom is -0.369 e. The van der Waals surface area contributed by atoms with Crippen molar-refractivity contribution in [1.29, 1.82) is 5.26 Å². The van der Waals surface area contributed by atoms with Crippen molar-refractivity contribution in [2.24, 2.45) is 5.41 Å². The molecule has 4 nitrogen and oxygen atoms in total. The first-order valence-corrected chi connectivity index (χ1v) is 7.13. The maximum Gasteiger partial charge on any atom is 0.240 e. The van der Waals surface area contributed by atoms with Crippen LogP contribution in [0.15, 0.2) is 18.2 Å². The minimum absolute atomic E-state index is 0.0195. The molecule has 1 heterocycles. The van der Waals surface area contributed by atoms with Crippen molar-refractivity contribution in [3.63, 3.8) is 0 Å². The zero-order valence-electron chi connectivity index (χ0n) is 12.0. The Labute approximate surface area is 128 Å². The highest BCUT2D eigenvalue weighted by molar-refractivity contribution is 6.31. The molecule has 1 amide bonds. The average molecular weight is 310 g/mol. The lowest BCUT2D eigenvalue weighted by Crippen LogP contribution is -2.43. The number of benzene rings is 1. The fraction of sp³-hybridized carbons (Fsp3) is 0.467. The average Bonchev–Trinajstić information content (AvgIpc) is 2.90. The number of halogens is 2. The van der Waals surface area contributed by atoms with Gasteiger partial charge in [-0.15, -0.1) is 0 Å². The van der Waals surface area contributed by atoms with E-state index in [9.17, 15) is 9.18 Å². The Morgan fingerprint density at radius 2 is 2.29 bits per heavy atom. The van der Waals surface area contributed by atoms with E-state index in [1.54, 1.807) is 26.0 Å². The molecular weight excluding hydrogens is 293 g/mol. The van der Waals surface area contributed by atoms with Gasteiger partial charge in [-0.2, -0.15) is 5.26 Å². The molecule has 6 heteroatoms. The Bertz CT molecular complexity index is 597. The fourth-order valence-corrected chi connectivity index (χ4v) is 2.39. The Morgan fingerprint density at radius 3 is 2.90 bits per heavy atom. The third-order valence-electron chi connectivity index (χ3n) is 3.64. The summed E-state index contributed by atoms with van der Waals surface area (Å²) in [6.07, 6.45) is 0.780. The van der Waals surface area contributed by atoms with E-state index >= 15 is 0 Å².